The molecule has 0 nitrogen and oxygen atoms in total. The first-order chi connectivity index (χ1) is 3.95. The van der Waals surface area contributed by atoms with Crippen molar-refractivity contribution < 1.29 is 0 Å². The predicted molar refractivity (Wildman–Crippen MR) is 34.3 cm³/mol. The molecule has 3 rings (SSSR count). The molecule has 1 fully saturated rings. The van der Waals surface area contributed by atoms with Crippen LogP contribution in [-0.2, 0) is 0 Å². The van der Waals surface area contributed by atoms with Gasteiger partial charge in [0.1, 0.15) is 0 Å². The van der Waals surface area contributed by atoms with Gasteiger partial charge in [0, 0.05) is 0 Å². The first kappa shape index (κ1) is 4.60. The van der Waals surface area contributed by atoms with Gasteiger partial charge in [0.2, 0.25) is 0 Å². The van der Waals surface area contributed by atoms with E-state index in [1.165, 1.54) is 25.7 Å². The largest absolute Gasteiger partial charge is 0.0848 e. The van der Waals surface area contributed by atoms with Crippen molar-refractivity contribution in [2.24, 2.45) is 5.92 Å². The van der Waals surface area contributed by atoms with Crippen LogP contribution in [0.2, 0.25) is 0 Å². The van der Waals surface area contributed by atoms with Gasteiger partial charge >= 0.3 is 0 Å². The van der Waals surface area contributed by atoms with E-state index < -0.39 is 0 Å². The van der Waals surface area contributed by atoms with E-state index in [0.717, 1.165) is 5.92 Å². The van der Waals surface area contributed by atoms with Crippen LogP contribution in [0.25, 0.3) is 0 Å². The van der Waals surface area contributed by atoms with Gasteiger partial charge in [-0.25, -0.2) is 0 Å². The van der Waals surface area contributed by atoms with Crippen LogP contribution in [-0.4, -0.2) is 0 Å². The molecule has 0 aromatic heterocycles. The Kier molecular flexibility index (Phi) is 0.927. The van der Waals surface area contributed by atoms with Crippen molar-refractivity contribution in [1.82, 2.24) is 0 Å². The normalized spacial score (nSPS) is 29.5. The molecule has 2 bridgehead atoms. The van der Waals surface area contributed by atoms with Gasteiger partial charge in [0.15, 0.2) is 0 Å². The predicted octanol–water partition coefficient (Wildman–Crippen LogP) is 2.32. The fraction of sp³-hybridized carbons (Fsp3) is 0.625. The van der Waals surface area contributed by atoms with E-state index in [-0.39, 0.29) is 0 Å². The fourth-order valence-corrected chi connectivity index (χ4v) is 1.64. The minimum atomic E-state index is 0.951. The first-order valence-corrected chi connectivity index (χ1v) is 3.48. The van der Waals surface area contributed by atoms with Crippen molar-refractivity contribution in [3.05, 3.63) is 18.1 Å². The zero-order valence-electron chi connectivity index (χ0n) is 5.06. The van der Waals surface area contributed by atoms with Gasteiger partial charge in [0.25, 0.3) is 0 Å². The third-order valence-corrected chi connectivity index (χ3v) is 2.28. The van der Waals surface area contributed by atoms with Crippen molar-refractivity contribution >= 4 is 0 Å². The minimum Gasteiger partial charge on any atom is -0.0848 e. The zero-order valence-corrected chi connectivity index (χ0v) is 5.06. The SMILES string of the molecule is C1=CC2CC[C]1CC2. The third-order valence-electron chi connectivity index (χ3n) is 2.28. The van der Waals surface area contributed by atoms with E-state index in [1.807, 2.05) is 0 Å². The molecule has 0 amide bonds. The number of hydrogen-bond donors (Lipinski definition) is 0. The molecule has 1 radical (unpaired) electrons. The summed E-state index contributed by atoms with van der Waals surface area (Å²) in [5.74, 6) is 2.64. The average molecular weight is 107 g/mol. The second-order valence-corrected chi connectivity index (χ2v) is 2.85. The van der Waals surface area contributed by atoms with E-state index >= 15 is 0 Å². The summed E-state index contributed by atoms with van der Waals surface area (Å²) >= 11 is 0. The van der Waals surface area contributed by atoms with Crippen LogP contribution in [0, 0.1) is 11.8 Å². The van der Waals surface area contributed by atoms with Gasteiger partial charge < -0.3 is 0 Å². The van der Waals surface area contributed by atoms with E-state index in [1.54, 1.807) is 5.92 Å². The number of fused-ring (bicyclic) bond motifs is 2. The Morgan fingerprint density at radius 3 is 2.12 bits per heavy atom. The number of allylic oxidation sites excluding steroid dienone is 2. The van der Waals surface area contributed by atoms with Crippen LogP contribution >= 0.6 is 0 Å². The number of hydrogen-bond acceptors (Lipinski definition) is 0. The molecule has 0 spiro atoms. The Morgan fingerprint density at radius 1 is 1.25 bits per heavy atom. The average Bonchev–Trinajstić information content (AvgIpc) is 1.92. The molecule has 0 aliphatic heterocycles. The quantitative estimate of drug-likeness (QED) is 0.445. The molecule has 0 aromatic rings. The highest BCUT2D eigenvalue weighted by Gasteiger charge is 2.22. The summed E-state index contributed by atoms with van der Waals surface area (Å²) in [5, 5.41) is 0. The van der Waals surface area contributed by atoms with Crippen molar-refractivity contribution in [3.63, 3.8) is 0 Å². The molecule has 8 heavy (non-hydrogen) atoms. The Balaban J connectivity index is 2.20. The molecule has 43 valence electrons. The lowest BCUT2D eigenvalue weighted by atomic mass is 9.76. The van der Waals surface area contributed by atoms with E-state index in [0.29, 0.717) is 0 Å². The lowest BCUT2D eigenvalue weighted by Gasteiger charge is -2.29. The Bertz CT molecular complexity index is 91.2. The van der Waals surface area contributed by atoms with Gasteiger partial charge in [-0.2, -0.15) is 0 Å². The van der Waals surface area contributed by atoms with Crippen LogP contribution in [0.1, 0.15) is 25.7 Å². The summed E-state index contributed by atoms with van der Waals surface area (Å²) in [5.41, 5.74) is 0. The monoisotopic (exact) mass is 107 g/mol. The van der Waals surface area contributed by atoms with Crippen molar-refractivity contribution in [2.75, 3.05) is 0 Å². The second kappa shape index (κ2) is 1.61. The van der Waals surface area contributed by atoms with Crippen LogP contribution < -0.4 is 0 Å². The molecule has 0 unspecified atom stereocenters. The van der Waals surface area contributed by atoms with Gasteiger partial charge in [-0.3, -0.25) is 0 Å². The molecule has 3 aliphatic rings. The lowest BCUT2D eigenvalue weighted by Crippen LogP contribution is -2.14. The molecule has 0 N–H and O–H groups in total. The van der Waals surface area contributed by atoms with Crippen LogP contribution in [0.5, 0.6) is 0 Å². The molecule has 0 saturated heterocycles. The van der Waals surface area contributed by atoms with Gasteiger partial charge in [-0.1, -0.05) is 12.2 Å². The van der Waals surface area contributed by atoms with Crippen LogP contribution in [0.15, 0.2) is 12.2 Å². The maximum absolute atomic E-state index is 2.38. The van der Waals surface area contributed by atoms with E-state index in [2.05, 4.69) is 12.2 Å². The Morgan fingerprint density at radius 2 is 2.00 bits per heavy atom. The third kappa shape index (κ3) is 0.594. The maximum Gasteiger partial charge on any atom is -0.00268 e. The summed E-state index contributed by atoms with van der Waals surface area (Å²) in [6, 6.07) is 0. The van der Waals surface area contributed by atoms with Crippen LogP contribution in [0.4, 0.5) is 0 Å². The molecular formula is C8H11. The number of rotatable bonds is 0. The maximum atomic E-state index is 2.38. The molecule has 0 heteroatoms. The summed E-state index contributed by atoms with van der Waals surface area (Å²) < 4.78 is 0. The van der Waals surface area contributed by atoms with Crippen molar-refractivity contribution in [3.8, 4) is 0 Å². The van der Waals surface area contributed by atoms with Crippen LogP contribution in [0.3, 0.4) is 0 Å². The minimum absolute atomic E-state index is 0.951. The van der Waals surface area contributed by atoms with Crippen molar-refractivity contribution in [1.29, 1.82) is 0 Å². The highest BCUT2D eigenvalue weighted by atomic mass is 14.3. The summed E-state index contributed by atoms with van der Waals surface area (Å²) in [6.45, 7) is 0. The Labute approximate surface area is 50.6 Å². The topological polar surface area (TPSA) is 0 Å². The standard InChI is InChI=1S/C8H11/c1-2-8-5-3-7(1)4-6-8/h1-2,7H,3-6H2. The van der Waals surface area contributed by atoms with E-state index in [9.17, 15) is 0 Å². The molecule has 0 heterocycles. The zero-order chi connectivity index (χ0) is 5.40. The summed E-state index contributed by atoms with van der Waals surface area (Å²) in [7, 11) is 0. The highest BCUT2D eigenvalue weighted by Crippen LogP contribution is 2.36. The van der Waals surface area contributed by atoms with E-state index in [4.69, 9.17) is 0 Å². The smallest absolute Gasteiger partial charge is 0.00268 e. The van der Waals surface area contributed by atoms with Gasteiger partial charge in [-0.05, 0) is 37.5 Å². The molecule has 1 saturated carbocycles. The fourth-order valence-electron chi connectivity index (χ4n) is 1.64. The van der Waals surface area contributed by atoms with Gasteiger partial charge in [0.05, 0.1) is 0 Å². The molecule has 3 aliphatic carbocycles. The summed E-state index contributed by atoms with van der Waals surface area (Å²) in [6.07, 6.45) is 10.4. The van der Waals surface area contributed by atoms with Crippen molar-refractivity contribution in [2.45, 2.75) is 25.7 Å². The Hall–Kier alpha value is -0.260. The van der Waals surface area contributed by atoms with Gasteiger partial charge in [-0.15, -0.1) is 0 Å². The molecule has 0 atom stereocenters. The summed E-state index contributed by atoms with van der Waals surface area (Å²) in [4.78, 5) is 0. The molecule has 0 aromatic carbocycles. The lowest BCUT2D eigenvalue weighted by molar-refractivity contribution is 0.436. The highest BCUT2D eigenvalue weighted by molar-refractivity contribution is 5.19. The second-order valence-electron chi connectivity index (χ2n) is 2.85. The first-order valence-electron chi connectivity index (χ1n) is 3.48. The molecular weight excluding hydrogens is 96.1 g/mol.